The van der Waals surface area contributed by atoms with Gasteiger partial charge in [-0.15, -0.1) is 0 Å². The van der Waals surface area contributed by atoms with Crippen LogP contribution in [-0.2, 0) is 19.5 Å². The Hall–Kier alpha value is -4.38. The number of rotatable bonds is 9. The second kappa shape index (κ2) is 10.5. The number of amides is 1. The first-order valence-electron chi connectivity index (χ1n) is 11.3. The van der Waals surface area contributed by atoms with Crippen LogP contribution in [0.1, 0.15) is 27.9 Å². The molecule has 188 valence electrons. The third kappa shape index (κ3) is 5.01. The lowest BCUT2D eigenvalue weighted by Crippen LogP contribution is -2.35. The lowest BCUT2D eigenvalue weighted by atomic mass is 10.1. The van der Waals surface area contributed by atoms with E-state index in [0.29, 0.717) is 12.0 Å². The summed E-state index contributed by atoms with van der Waals surface area (Å²) in [5.74, 6) is -2.05. The van der Waals surface area contributed by atoms with Crippen LogP contribution in [0.3, 0.4) is 0 Å². The zero-order chi connectivity index (χ0) is 25.8. The number of fused-ring (bicyclic) bond motifs is 1. The number of aliphatic hydroxyl groups is 1. The van der Waals surface area contributed by atoms with Crippen LogP contribution in [0.5, 0.6) is 17.5 Å². The lowest BCUT2D eigenvalue weighted by molar-refractivity contribution is 0.0940. The first-order valence-corrected chi connectivity index (χ1v) is 11.3. The molecule has 0 aliphatic heterocycles. The van der Waals surface area contributed by atoms with Gasteiger partial charge in [0, 0.05) is 38.0 Å². The number of hydrogen-bond acceptors (Lipinski definition) is 7. The number of aliphatic hydroxyl groups excluding tert-OH is 1. The zero-order valence-corrected chi connectivity index (χ0v) is 19.2. The molecule has 36 heavy (non-hydrogen) atoms. The van der Waals surface area contributed by atoms with Gasteiger partial charge < -0.3 is 30.3 Å². The molecule has 10 nitrogen and oxygen atoms in total. The summed E-state index contributed by atoms with van der Waals surface area (Å²) in [5, 5.41) is 41.9. The number of pyridine rings is 2. The van der Waals surface area contributed by atoms with E-state index in [1.165, 1.54) is 39.6 Å². The topological polar surface area (TPSA) is 150 Å². The van der Waals surface area contributed by atoms with E-state index in [-0.39, 0.29) is 61.3 Å². The minimum atomic E-state index is -0.847. The molecule has 1 aromatic carbocycles. The highest BCUT2D eigenvalue weighted by molar-refractivity contribution is 6.01. The number of benzene rings is 1. The monoisotopic (exact) mass is 496 g/mol. The normalized spacial score (nSPS) is 11.2. The SMILES string of the molecule is O=C(NCCO)c1c(O)c2ncc(Cc3ccc(F)cc3)cc2n(CCCn2c(O)ccc2O)c1=O. The van der Waals surface area contributed by atoms with Gasteiger partial charge in [0.15, 0.2) is 17.5 Å². The standard InChI is InChI=1S/C25H25FN4O6/c26-17-4-2-15(3-5-17)12-16-13-18-22(28-14-16)23(34)21(24(35)27-8-11-31)25(36)29(18)9-1-10-30-19(32)6-7-20(30)33/h2-7,13-14,31-34H,1,8-12H2,(H,27,35). The van der Waals surface area contributed by atoms with Gasteiger partial charge in [-0.05, 0) is 42.2 Å². The van der Waals surface area contributed by atoms with Crippen molar-refractivity contribution in [2.75, 3.05) is 13.2 Å². The molecular formula is C25H25FN4O6. The number of aromatic nitrogens is 3. The van der Waals surface area contributed by atoms with E-state index in [9.17, 15) is 29.3 Å². The smallest absolute Gasteiger partial charge is 0.267 e. The number of nitrogens with zero attached hydrogens (tertiary/aromatic N) is 3. The predicted octanol–water partition coefficient (Wildman–Crippen LogP) is 1.86. The molecule has 0 saturated heterocycles. The summed E-state index contributed by atoms with van der Waals surface area (Å²) in [6.07, 6.45) is 2.18. The molecule has 3 heterocycles. The van der Waals surface area contributed by atoms with Crippen LogP contribution in [0, 0.1) is 5.82 Å². The number of halogens is 1. The van der Waals surface area contributed by atoms with Gasteiger partial charge in [0.05, 0.1) is 12.1 Å². The highest BCUT2D eigenvalue weighted by atomic mass is 19.1. The Labute approximate surface area is 204 Å². The highest BCUT2D eigenvalue weighted by Gasteiger charge is 2.23. The van der Waals surface area contributed by atoms with Crippen LogP contribution in [-0.4, -0.2) is 53.6 Å². The van der Waals surface area contributed by atoms with E-state index >= 15 is 0 Å². The summed E-state index contributed by atoms with van der Waals surface area (Å²) < 4.78 is 15.8. The molecule has 1 amide bonds. The van der Waals surface area contributed by atoms with E-state index in [0.717, 1.165) is 5.56 Å². The summed E-state index contributed by atoms with van der Waals surface area (Å²) in [4.78, 5) is 30.3. The lowest BCUT2D eigenvalue weighted by Gasteiger charge is -2.16. The van der Waals surface area contributed by atoms with Crippen molar-refractivity contribution in [2.24, 2.45) is 0 Å². The number of aromatic hydroxyl groups is 3. The molecule has 0 atom stereocenters. The minimum absolute atomic E-state index is 0.0401. The molecule has 4 aromatic rings. The molecule has 4 rings (SSSR count). The first kappa shape index (κ1) is 24.7. The van der Waals surface area contributed by atoms with Gasteiger partial charge in [0.25, 0.3) is 11.5 Å². The fourth-order valence-corrected chi connectivity index (χ4v) is 4.03. The van der Waals surface area contributed by atoms with Crippen molar-refractivity contribution >= 4 is 16.9 Å². The molecule has 0 aliphatic carbocycles. The Balaban J connectivity index is 1.75. The maximum absolute atomic E-state index is 13.3. The first-order chi connectivity index (χ1) is 17.3. The number of aryl methyl sites for hydroxylation is 1. The fourth-order valence-electron chi connectivity index (χ4n) is 4.03. The maximum atomic E-state index is 13.3. The highest BCUT2D eigenvalue weighted by Crippen LogP contribution is 2.27. The van der Waals surface area contributed by atoms with Crippen LogP contribution >= 0.6 is 0 Å². The maximum Gasteiger partial charge on any atom is 0.267 e. The largest absolute Gasteiger partial charge is 0.505 e. The summed E-state index contributed by atoms with van der Waals surface area (Å²) in [7, 11) is 0. The van der Waals surface area contributed by atoms with Gasteiger partial charge >= 0.3 is 0 Å². The van der Waals surface area contributed by atoms with E-state index in [4.69, 9.17) is 5.11 Å². The Bertz CT molecular complexity index is 1440. The molecular weight excluding hydrogens is 471 g/mol. The van der Waals surface area contributed by atoms with E-state index in [1.54, 1.807) is 18.2 Å². The predicted molar refractivity (Wildman–Crippen MR) is 129 cm³/mol. The van der Waals surface area contributed by atoms with Gasteiger partial charge in [-0.1, -0.05) is 12.1 Å². The molecule has 0 radical (unpaired) electrons. The number of carbonyl (C=O) groups is 1. The van der Waals surface area contributed by atoms with Gasteiger partial charge in [-0.25, -0.2) is 4.39 Å². The second-order valence-corrected chi connectivity index (χ2v) is 8.23. The van der Waals surface area contributed by atoms with Crippen molar-refractivity contribution in [3.63, 3.8) is 0 Å². The minimum Gasteiger partial charge on any atom is -0.505 e. The quantitative estimate of drug-likeness (QED) is 0.237. The van der Waals surface area contributed by atoms with Gasteiger partial charge in [0.2, 0.25) is 0 Å². The summed E-state index contributed by atoms with van der Waals surface area (Å²) in [6.45, 7) is -0.196. The molecule has 0 unspecified atom stereocenters. The van der Waals surface area contributed by atoms with Crippen LogP contribution in [0.25, 0.3) is 11.0 Å². The molecule has 11 heteroatoms. The van der Waals surface area contributed by atoms with Gasteiger partial charge in [-0.3, -0.25) is 19.1 Å². The van der Waals surface area contributed by atoms with Crippen LogP contribution in [0.15, 0.2) is 53.5 Å². The van der Waals surface area contributed by atoms with Crippen LogP contribution in [0.2, 0.25) is 0 Å². The molecule has 0 fully saturated rings. The van der Waals surface area contributed by atoms with Crippen LogP contribution < -0.4 is 10.9 Å². The third-order valence-corrected chi connectivity index (χ3v) is 5.78. The van der Waals surface area contributed by atoms with Crippen molar-refractivity contribution in [1.29, 1.82) is 0 Å². The molecule has 0 bridgehead atoms. The third-order valence-electron chi connectivity index (χ3n) is 5.78. The molecule has 0 aliphatic rings. The Kier molecular flexibility index (Phi) is 7.20. The Morgan fingerprint density at radius 1 is 0.972 bits per heavy atom. The second-order valence-electron chi connectivity index (χ2n) is 8.23. The average molecular weight is 496 g/mol. The average Bonchev–Trinajstić information content (AvgIpc) is 3.18. The van der Waals surface area contributed by atoms with E-state index < -0.39 is 22.8 Å². The zero-order valence-electron chi connectivity index (χ0n) is 19.2. The molecule has 0 saturated carbocycles. The summed E-state index contributed by atoms with van der Waals surface area (Å²) >= 11 is 0. The molecule has 0 spiro atoms. The van der Waals surface area contributed by atoms with Crippen molar-refractivity contribution in [3.8, 4) is 17.5 Å². The van der Waals surface area contributed by atoms with Crippen LogP contribution in [0.4, 0.5) is 4.39 Å². The Morgan fingerprint density at radius 2 is 1.64 bits per heavy atom. The number of nitrogens with one attached hydrogen (secondary N) is 1. The summed E-state index contributed by atoms with van der Waals surface area (Å²) in [5.41, 5.74) is 0.586. The number of carbonyl (C=O) groups excluding carboxylic acids is 1. The van der Waals surface area contributed by atoms with Crippen molar-refractivity contribution < 1.29 is 29.6 Å². The van der Waals surface area contributed by atoms with Gasteiger partial charge in [0.1, 0.15) is 16.9 Å². The van der Waals surface area contributed by atoms with E-state index in [1.807, 2.05) is 0 Å². The molecule has 5 N–H and O–H groups in total. The van der Waals surface area contributed by atoms with Gasteiger partial charge in [-0.2, -0.15) is 0 Å². The number of hydrogen-bond donors (Lipinski definition) is 5. The van der Waals surface area contributed by atoms with Crippen molar-refractivity contribution in [3.05, 3.63) is 81.5 Å². The fraction of sp³-hybridized carbons (Fsp3) is 0.240. The van der Waals surface area contributed by atoms with E-state index in [2.05, 4.69) is 10.3 Å². The Morgan fingerprint density at radius 3 is 2.31 bits per heavy atom. The van der Waals surface area contributed by atoms with Crippen molar-refractivity contribution in [1.82, 2.24) is 19.4 Å². The van der Waals surface area contributed by atoms with Crippen molar-refractivity contribution in [2.45, 2.75) is 25.9 Å². The summed E-state index contributed by atoms with van der Waals surface area (Å²) in [6, 6.07) is 10.3. The molecule has 3 aromatic heterocycles.